The smallest absolute Gasteiger partial charge is 0.410 e. The summed E-state index contributed by atoms with van der Waals surface area (Å²) in [5.74, 6) is -0.293. The van der Waals surface area contributed by atoms with Crippen LogP contribution in [0.3, 0.4) is 0 Å². The molecule has 1 heterocycles. The number of ether oxygens (including phenoxy) is 2. The van der Waals surface area contributed by atoms with Crippen molar-refractivity contribution in [3.05, 3.63) is 0 Å². The van der Waals surface area contributed by atoms with Crippen molar-refractivity contribution in [1.82, 2.24) is 9.80 Å². The molecule has 1 saturated heterocycles. The maximum absolute atomic E-state index is 12.0. The molecule has 1 aliphatic rings. The SMILES string of the molecule is CCOC(=O)C1CN(C(=O)OC(C)(C)C)CCN1C. The van der Waals surface area contributed by atoms with Crippen molar-refractivity contribution in [3.8, 4) is 0 Å². The minimum absolute atomic E-state index is 0.293. The lowest BCUT2D eigenvalue weighted by Gasteiger charge is -2.38. The first-order valence-electron chi connectivity index (χ1n) is 6.59. The van der Waals surface area contributed by atoms with Gasteiger partial charge in [-0.15, -0.1) is 0 Å². The summed E-state index contributed by atoms with van der Waals surface area (Å²) in [6.45, 7) is 9.08. The topological polar surface area (TPSA) is 59.1 Å². The summed E-state index contributed by atoms with van der Waals surface area (Å²) in [4.78, 5) is 27.3. The maximum atomic E-state index is 12.0. The lowest BCUT2D eigenvalue weighted by atomic mass is 10.2. The van der Waals surface area contributed by atoms with Gasteiger partial charge in [-0.1, -0.05) is 0 Å². The number of esters is 1. The first-order valence-corrected chi connectivity index (χ1v) is 6.59. The third-order valence-electron chi connectivity index (χ3n) is 2.86. The van der Waals surface area contributed by atoms with Gasteiger partial charge in [-0.25, -0.2) is 4.79 Å². The molecule has 0 aromatic carbocycles. The maximum Gasteiger partial charge on any atom is 0.410 e. The second-order valence-electron chi connectivity index (χ2n) is 5.67. The Morgan fingerprint density at radius 2 is 1.89 bits per heavy atom. The van der Waals surface area contributed by atoms with E-state index in [4.69, 9.17) is 9.47 Å². The predicted octanol–water partition coefficient (Wildman–Crippen LogP) is 1.10. The van der Waals surface area contributed by atoms with Crippen LogP contribution >= 0.6 is 0 Å². The Morgan fingerprint density at radius 3 is 2.42 bits per heavy atom. The van der Waals surface area contributed by atoms with E-state index in [1.807, 2.05) is 32.7 Å². The van der Waals surface area contributed by atoms with Crippen molar-refractivity contribution in [3.63, 3.8) is 0 Å². The second kappa shape index (κ2) is 6.23. The zero-order chi connectivity index (χ0) is 14.6. The van der Waals surface area contributed by atoms with E-state index in [9.17, 15) is 9.59 Å². The van der Waals surface area contributed by atoms with Crippen molar-refractivity contribution in [2.75, 3.05) is 33.3 Å². The highest BCUT2D eigenvalue weighted by atomic mass is 16.6. The molecule has 0 saturated carbocycles. The van der Waals surface area contributed by atoms with Crippen LogP contribution in [0.4, 0.5) is 4.79 Å². The third-order valence-corrected chi connectivity index (χ3v) is 2.86. The van der Waals surface area contributed by atoms with Gasteiger partial charge in [0.1, 0.15) is 11.6 Å². The molecule has 1 unspecified atom stereocenters. The van der Waals surface area contributed by atoms with Crippen molar-refractivity contribution >= 4 is 12.1 Å². The number of amides is 1. The summed E-state index contributed by atoms with van der Waals surface area (Å²) in [7, 11) is 1.86. The summed E-state index contributed by atoms with van der Waals surface area (Å²) < 4.78 is 10.3. The van der Waals surface area contributed by atoms with E-state index < -0.39 is 11.6 Å². The Bertz CT molecular complexity index is 338. The van der Waals surface area contributed by atoms with Crippen molar-refractivity contribution in [2.45, 2.75) is 39.3 Å². The molecule has 1 atom stereocenters. The van der Waals surface area contributed by atoms with Gasteiger partial charge in [0.05, 0.1) is 13.2 Å². The Hall–Kier alpha value is -1.30. The summed E-state index contributed by atoms with van der Waals surface area (Å²) in [6.07, 6.45) is -0.380. The van der Waals surface area contributed by atoms with Crippen LogP contribution in [0.2, 0.25) is 0 Å². The van der Waals surface area contributed by atoms with Crippen LogP contribution in [0.25, 0.3) is 0 Å². The number of carbonyl (C=O) groups is 2. The van der Waals surface area contributed by atoms with Gasteiger partial charge in [0.25, 0.3) is 0 Å². The number of carbonyl (C=O) groups excluding carboxylic acids is 2. The van der Waals surface area contributed by atoms with Crippen LogP contribution in [-0.2, 0) is 14.3 Å². The zero-order valence-corrected chi connectivity index (χ0v) is 12.4. The third kappa shape index (κ3) is 4.70. The molecule has 1 rings (SSSR count). The first-order chi connectivity index (χ1) is 8.74. The quantitative estimate of drug-likeness (QED) is 0.705. The standard InChI is InChI=1S/C13H24N2O4/c1-6-18-11(16)10-9-15(8-7-14(10)5)12(17)19-13(2,3)4/h10H,6-9H2,1-5H3. The lowest BCUT2D eigenvalue weighted by molar-refractivity contribution is -0.151. The highest BCUT2D eigenvalue weighted by molar-refractivity contribution is 5.77. The van der Waals surface area contributed by atoms with Gasteiger partial charge in [-0.05, 0) is 34.7 Å². The van der Waals surface area contributed by atoms with Gasteiger partial charge in [0, 0.05) is 13.1 Å². The van der Waals surface area contributed by atoms with Gasteiger partial charge >= 0.3 is 12.1 Å². The summed E-state index contributed by atoms with van der Waals surface area (Å²) >= 11 is 0. The van der Waals surface area contributed by atoms with Gasteiger partial charge < -0.3 is 14.4 Å². The minimum Gasteiger partial charge on any atom is -0.465 e. The van der Waals surface area contributed by atoms with E-state index in [0.29, 0.717) is 26.2 Å². The number of rotatable bonds is 2. The molecule has 0 aliphatic carbocycles. The molecule has 6 heteroatoms. The molecule has 0 spiro atoms. The lowest BCUT2D eigenvalue weighted by Crippen LogP contribution is -2.57. The van der Waals surface area contributed by atoms with E-state index in [-0.39, 0.29) is 12.1 Å². The molecule has 0 N–H and O–H groups in total. The average Bonchev–Trinajstić information content (AvgIpc) is 2.27. The van der Waals surface area contributed by atoms with Crippen LogP contribution in [0.15, 0.2) is 0 Å². The van der Waals surface area contributed by atoms with Gasteiger partial charge in [-0.3, -0.25) is 9.69 Å². The predicted molar refractivity (Wildman–Crippen MR) is 70.9 cm³/mol. The number of piperazine rings is 1. The molecule has 1 fully saturated rings. The molecule has 19 heavy (non-hydrogen) atoms. The zero-order valence-electron chi connectivity index (χ0n) is 12.4. The van der Waals surface area contributed by atoms with E-state index in [1.165, 1.54) is 0 Å². The number of nitrogens with zero attached hydrogens (tertiary/aromatic N) is 2. The molecule has 1 aliphatic heterocycles. The molecule has 0 aromatic rings. The van der Waals surface area contributed by atoms with Crippen LogP contribution in [0, 0.1) is 0 Å². The average molecular weight is 272 g/mol. The fourth-order valence-electron chi connectivity index (χ4n) is 1.86. The molecule has 6 nitrogen and oxygen atoms in total. The van der Waals surface area contributed by atoms with Crippen molar-refractivity contribution < 1.29 is 19.1 Å². The minimum atomic E-state index is -0.528. The summed E-state index contributed by atoms with van der Waals surface area (Å²) in [6, 6.07) is -0.416. The summed E-state index contributed by atoms with van der Waals surface area (Å²) in [5.41, 5.74) is -0.528. The molecule has 0 radical (unpaired) electrons. The number of likely N-dealkylation sites (N-methyl/N-ethyl adjacent to an activating group) is 1. The largest absolute Gasteiger partial charge is 0.465 e. The Kier molecular flexibility index (Phi) is 5.17. The van der Waals surface area contributed by atoms with Gasteiger partial charge in [-0.2, -0.15) is 0 Å². The van der Waals surface area contributed by atoms with Gasteiger partial charge in [0.15, 0.2) is 0 Å². The molecule has 110 valence electrons. The fraction of sp³-hybridized carbons (Fsp3) is 0.846. The van der Waals surface area contributed by atoms with Crippen molar-refractivity contribution in [2.24, 2.45) is 0 Å². The van der Waals surface area contributed by atoms with Crippen molar-refractivity contribution in [1.29, 1.82) is 0 Å². The van der Waals surface area contributed by atoms with E-state index in [2.05, 4.69) is 0 Å². The molecule has 1 amide bonds. The Balaban J connectivity index is 2.63. The normalized spacial score (nSPS) is 21.1. The van der Waals surface area contributed by atoms with E-state index in [1.54, 1.807) is 11.8 Å². The van der Waals surface area contributed by atoms with E-state index in [0.717, 1.165) is 0 Å². The van der Waals surface area contributed by atoms with Crippen LogP contribution in [-0.4, -0.2) is 66.8 Å². The number of hydrogen-bond acceptors (Lipinski definition) is 5. The van der Waals surface area contributed by atoms with Gasteiger partial charge in [0.2, 0.25) is 0 Å². The van der Waals surface area contributed by atoms with E-state index >= 15 is 0 Å². The molecular formula is C13H24N2O4. The highest BCUT2D eigenvalue weighted by Gasteiger charge is 2.34. The fourth-order valence-corrected chi connectivity index (χ4v) is 1.86. The molecule has 0 aromatic heterocycles. The Labute approximate surface area is 114 Å². The van der Waals surface area contributed by atoms with Crippen LogP contribution < -0.4 is 0 Å². The van der Waals surface area contributed by atoms with Crippen LogP contribution in [0.1, 0.15) is 27.7 Å². The highest BCUT2D eigenvalue weighted by Crippen LogP contribution is 2.14. The number of hydrogen-bond donors (Lipinski definition) is 0. The molecule has 0 bridgehead atoms. The second-order valence-corrected chi connectivity index (χ2v) is 5.67. The molecular weight excluding hydrogens is 248 g/mol. The van der Waals surface area contributed by atoms with Crippen LogP contribution in [0.5, 0.6) is 0 Å². The Morgan fingerprint density at radius 1 is 1.26 bits per heavy atom. The monoisotopic (exact) mass is 272 g/mol. The summed E-state index contributed by atoms with van der Waals surface area (Å²) in [5, 5.41) is 0. The first kappa shape index (κ1) is 15.8.